The topological polar surface area (TPSA) is 63.4 Å². The number of rotatable bonds is 4. The molecule has 0 bridgehead atoms. The van der Waals surface area contributed by atoms with Gasteiger partial charge in [0.25, 0.3) is 0 Å². The number of nitrogens with zero attached hydrogens (tertiary/aromatic N) is 1. The van der Waals surface area contributed by atoms with Crippen LogP contribution in [0.2, 0.25) is 0 Å². The molecule has 1 aromatic carbocycles. The fraction of sp³-hybridized carbons (Fsp3) is 0.500. The highest BCUT2D eigenvalue weighted by molar-refractivity contribution is 7.89. The van der Waals surface area contributed by atoms with Gasteiger partial charge in [-0.2, -0.15) is 0 Å². The van der Waals surface area contributed by atoms with Crippen LogP contribution in [0.5, 0.6) is 0 Å². The third-order valence-electron chi connectivity index (χ3n) is 3.22. The van der Waals surface area contributed by atoms with E-state index >= 15 is 0 Å². The predicted octanol–water partition coefficient (Wildman–Crippen LogP) is 1.75. The van der Waals surface area contributed by atoms with E-state index in [2.05, 4.69) is 0 Å². The van der Waals surface area contributed by atoms with Crippen molar-refractivity contribution in [1.82, 2.24) is 4.31 Å². The van der Waals surface area contributed by atoms with Gasteiger partial charge in [0.2, 0.25) is 10.0 Å². The fourth-order valence-electron chi connectivity index (χ4n) is 1.87. The van der Waals surface area contributed by atoms with E-state index in [0.717, 1.165) is 18.9 Å². The lowest BCUT2D eigenvalue weighted by Gasteiger charge is -2.18. The van der Waals surface area contributed by atoms with Crippen molar-refractivity contribution in [2.24, 2.45) is 5.92 Å². The molecule has 0 atom stereocenters. The smallest absolute Gasteiger partial charge is 0.243 e. The van der Waals surface area contributed by atoms with Crippen LogP contribution in [0.15, 0.2) is 17.0 Å². The molecule has 0 heterocycles. The van der Waals surface area contributed by atoms with Crippen LogP contribution >= 0.6 is 0 Å². The molecule has 0 unspecified atom stereocenters. The van der Waals surface area contributed by atoms with Crippen molar-refractivity contribution in [2.75, 3.05) is 19.3 Å². The van der Waals surface area contributed by atoms with Crippen LogP contribution in [0.3, 0.4) is 0 Å². The molecular weight excluding hydrogens is 255 g/mol. The quantitative estimate of drug-likeness (QED) is 0.849. The Balaban J connectivity index is 2.39. The van der Waals surface area contributed by atoms with Gasteiger partial charge >= 0.3 is 0 Å². The first-order chi connectivity index (χ1) is 8.32. The van der Waals surface area contributed by atoms with E-state index in [4.69, 9.17) is 5.73 Å². The average molecular weight is 272 g/mol. The van der Waals surface area contributed by atoms with Gasteiger partial charge in [0, 0.05) is 24.8 Å². The molecule has 2 N–H and O–H groups in total. The molecule has 6 heteroatoms. The Morgan fingerprint density at radius 2 is 2.06 bits per heavy atom. The number of hydrogen-bond donors (Lipinski definition) is 1. The summed E-state index contributed by atoms with van der Waals surface area (Å²) >= 11 is 0. The van der Waals surface area contributed by atoms with Gasteiger partial charge in [0.05, 0.1) is 4.90 Å². The van der Waals surface area contributed by atoms with Gasteiger partial charge in [-0.05, 0) is 37.8 Å². The molecule has 1 aromatic rings. The highest BCUT2D eigenvalue weighted by atomic mass is 32.2. The van der Waals surface area contributed by atoms with E-state index < -0.39 is 15.8 Å². The Kier molecular flexibility index (Phi) is 3.33. The van der Waals surface area contributed by atoms with Crippen LogP contribution in [0.4, 0.5) is 10.1 Å². The maximum atomic E-state index is 13.5. The van der Waals surface area contributed by atoms with Gasteiger partial charge in [-0.1, -0.05) is 0 Å². The molecule has 0 radical (unpaired) electrons. The Bertz CT molecular complexity index is 568. The fourth-order valence-corrected chi connectivity index (χ4v) is 3.38. The van der Waals surface area contributed by atoms with E-state index in [1.54, 1.807) is 0 Å². The van der Waals surface area contributed by atoms with Crippen molar-refractivity contribution in [3.05, 3.63) is 23.5 Å². The van der Waals surface area contributed by atoms with Gasteiger partial charge in [0.15, 0.2) is 0 Å². The van der Waals surface area contributed by atoms with Crippen molar-refractivity contribution in [1.29, 1.82) is 0 Å². The summed E-state index contributed by atoms with van der Waals surface area (Å²) in [5, 5.41) is 0. The van der Waals surface area contributed by atoms with Crippen molar-refractivity contribution in [3.63, 3.8) is 0 Å². The molecule has 0 aromatic heterocycles. The number of anilines is 1. The Morgan fingerprint density at radius 1 is 1.44 bits per heavy atom. The minimum absolute atomic E-state index is 0.0387. The number of halogens is 1. The van der Waals surface area contributed by atoms with Gasteiger partial charge in [-0.25, -0.2) is 17.1 Å². The van der Waals surface area contributed by atoms with Crippen molar-refractivity contribution >= 4 is 15.7 Å². The zero-order valence-electron chi connectivity index (χ0n) is 10.5. The molecule has 0 amide bonds. The first-order valence-corrected chi connectivity index (χ1v) is 7.28. The van der Waals surface area contributed by atoms with Crippen molar-refractivity contribution in [2.45, 2.75) is 24.7 Å². The Hall–Kier alpha value is -1.14. The minimum atomic E-state index is -3.66. The third-order valence-corrected chi connectivity index (χ3v) is 5.17. The normalized spacial score (nSPS) is 16.2. The lowest BCUT2D eigenvalue weighted by Crippen LogP contribution is -2.29. The second-order valence-corrected chi connectivity index (χ2v) is 6.87. The van der Waals surface area contributed by atoms with Crippen molar-refractivity contribution in [3.8, 4) is 0 Å². The van der Waals surface area contributed by atoms with Crippen LogP contribution in [0.1, 0.15) is 18.4 Å². The predicted molar refractivity (Wildman–Crippen MR) is 68.1 cm³/mol. The summed E-state index contributed by atoms with van der Waals surface area (Å²) in [7, 11) is -2.13. The molecule has 100 valence electrons. The van der Waals surface area contributed by atoms with E-state index in [0.29, 0.717) is 12.5 Å². The standard InChI is InChI=1S/C12H17FN2O2S/c1-8-11(13)5-10(14)6-12(8)18(16,17)15(2)7-9-3-4-9/h5-6,9H,3-4,7,14H2,1-2H3. The van der Waals surface area contributed by atoms with Crippen LogP contribution in [0, 0.1) is 18.7 Å². The maximum Gasteiger partial charge on any atom is 0.243 e. The molecule has 1 aliphatic rings. The molecule has 0 spiro atoms. The number of nitrogen functional groups attached to an aromatic ring is 1. The molecule has 1 saturated carbocycles. The molecule has 4 nitrogen and oxygen atoms in total. The first kappa shape index (κ1) is 13.3. The lowest BCUT2D eigenvalue weighted by molar-refractivity contribution is 0.451. The average Bonchev–Trinajstić information content (AvgIpc) is 3.06. The second kappa shape index (κ2) is 4.51. The first-order valence-electron chi connectivity index (χ1n) is 5.84. The highest BCUT2D eigenvalue weighted by Gasteiger charge is 2.30. The summed E-state index contributed by atoms with van der Waals surface area (Å²) in [6.45, 7) is 1.94. The summed E-state index contributed by atoms with van der Waals surface area (Å²) in [6.07, 6.45) is 2.12. The molecule has 0 aliphatic heterocycles. The van der Waals surface area contributed by atoms with Gasteiger partial charge in [-0.15, -0.1) is 0 Å². The van der Waals surface area contributed by atoms with Crippen LogP contribution in [-0.2, 0) is 10.0 Å². The SMILES string of the molecule is Cc1c(F)cc(N)cc1S(=O)(=O)N(C)CC1CC1. The number of sulfonamides is 1. The van der Waals surface area contributed by atoms with Crippen molar-refractivity contribution < 1.29 is 12.8 Å². The van der Waals surface area contributed by atoms with E-state index in [1.165, 1.54) is 24.3 Å². The van der Waals surface area contributed by atoms with Crippen LogP contribution in [-0.4, -0.2) is 26.3 Å². The van der Waals surface area contributed by atoms with E-state index in [9.17, 15) is 12.8 Å². The molecule has 1 fully saturated rings. The zero-order valence-corrected chi connectivity index (χ0v) is 11.3. The number of nitrogens with two attached hydrogens (primary N) is 1. The zero-order chi connectivity index (χ0) is 13.5. The molecule has 1 aliphatic carbocycles. The van der Waals surface area contributed by atoms with Crippen LogP contribution < -0.4 is 5.73 Å². The molecule has 0 saturated heterocycles. The Labute approximate surface area is 107 Å². The Morgan fingerprint density at radius 3 is 2.61 bits per heavy atom. The summed E-state index contributed by atoms with van der Waals surface area (Å²) < 4.78 is 39.5. The van der Waals surface area contributed by atoms with Crippen LogP contribution in [0.25, 0.3) is 0 Å². The lowest BCUT2D eigenvalue weighted by atomic mass is 10.2. The molecule has 2 rings (SSSR count). The minimum Gasteiger partial charge on any atom is -0.399 e. The number of hydrogen-bond acceptors (Lipinski definition) is 3. The highest BCUT2D eigenvalue weighted by Crippen LogP contribution is 2.32. The van der Waals surface area contributed by atoms with Gasteiger partial charge < -0.3 is 5.73 Å². The second-order valence-electron chi connectivity index (χ2n) is 4.85. The summed E-state index contributed by atoms with van der Waals surface area (Å²) in [6, 6.07) is 2.45. The number of benzene rings is 1. The summed E-state index contributed by atoms with van der Waals surface area (Å²) in [4.78, 5) is -0.0387. The van der Waals surface area contributed by atoms with E-state index in [-0.39, 0.29) is 16.1 Å². The van der Waals surface area contributed by atoms with Gasteiger partial charge in [0.1, 0.15) is 5.82 Å². The van der Waals surface area contributed by atoms with E-state index in [1.807, 2.05) is 0 Å². The monoisotopic (exact) mass is 272 g/mol. The maximum absolute atomic E-state index is 13.5. The largest absolute Gasteiger partial charge is 0.399 e. The third kappa shape index (κ3) is 2.49. The molecular formula is C12H17FN2O2S. The summed E-state index contributed by atoms with van der Waals surface area (Å²) in [5.41, 5.74) is 5.75. The summed E-state index contributed by atoms with van der Waals surface area (Å²) in [5.74, 6) is -0.149. The molecule has 18 heavy (non-hydrogen) atoms. The van der Waals surface area contributed by atoms with Gasteiger partial charge in [-0.3, -0.25) is 0 Å².